The van der Waals surface area contributed by atoms with Gasteiger partial charge in [0.1, 0.15) is 16.0 Å². The highest BCUT2D eigenvalue weighted by molar-refractivity contribution is 7.19. The van der Waals surface area contributed by atoms with Gasteiger partial charge in [0.25, 0.3) is 5.56 Å². The molecule has 8 nitrogen and oxygen atoms in total. The minimum Gasteiger partial charge on any atom is -0.341 e. The molecule has 1 aliphatic rings. The summed E-state index contributed by atoms with van der Waals surface area (Å²) in [6, 6.07) is 12.5. The van der Waals surface area contributed by atoms with Crippen LogP contribution in [-0.4, -0.2) is 43.4 Å². The van der Waals surface area contributed by atoms with E-state index in [0.29, 0.717) is 30.7 Å². The SMILES string of the molecule is CC#CCn1c(N2CCCC(N)C2)nc2cnn(Cc3nc4ccc5ccccc5c4s3)c(=O)c21. The third kappa shape index (κ3) is 3.85. The van der Waals surface area contributed by atoms with Gasteiger partial charge in [-0.2, -0.15) is 5.10 Å². The summed E-state index contributed by atoms with van der Waals surface area (Å²) in [6.45, 7) is 4.06. The van der Waals surface area contributed by atoms with Gasteiger partial charge in [-0.05, 0) is 31.2 Å². The molecule has 9 heteroatoms. The van der Waals surface area contributed by atoms with E-state index in [1.807, 2.05) is 22.8 Å². The first-order valence-corrected chi connectivity index (χ1v) is 12.6. The number of rotatable bonds is 4. The van der Waals surface area contributed by atoms with E-state index in [9.17, 15) is 4.79 Å². The Labute approximate surface area is 206 Å². The molecule has 0 amide bonds. The van der Waals surface area contributed by atoms with Crippen molar-refractivity contribution in [2.75, 3.05) is 18.0 Å². The maximum atomic E-state index is 13.6. The van der Waals surface area contributed by atoms with Crippen LogP contribution < -0.4 is 16.2 Å². The molecular formula is C26H25N7OS. The van der Waals surface area contributed by atoms with Crippen LogP contribution in [0.4, 0.5) is 5.95 Å². The highest BCUT2D eigenvalue weighted by Crippen LogP contribution is 2.30. The number of piperidine rings is 1. The topological polar surface area (TPSA) is 94.9 Å². The lowest BCUT2D eigenvalue weighted by atomic mass is 10.1. The van der Waals surface area contributed by atoms with Gasteiger partial charge in [-0.1, -0.05) is 36.3 Å². The molecule has 3 aromatic heterocycles. The first-order valence-electron chi connectivity index (χ1n) is 11.8. The van der Waals surface area contributed by atoms with E-state index >= 15 is 0 Å². The molecule has 0 aliphatic carbocycles. The lowest BCUT2D eigenvalue weighted by Crippen LogP contribution is -2.44. The van der Waals surface area contributed by atoms with Crippen molar-refractivity contribution < 1.29 is 0 Å². The molecule has 0 bridgehead atoms. The second-order valence-corrected chi connectivity index (χ2v) is 9.94. The molecule has 1 atom stereocenters. The molecule has 5 aromatic rings. The van der Waals surface area contributed by atoms with Gasteiger partial charge < -0.3 is 10.6 Å². The molecule has 4 heterocycles. The van der Waals surface area contributed by atoms with E-state index in [-0.39, 0.29) is 11.6 Å². The molecule has 1 fully saturated rings. The fraction of sp³-hybridized carbons (Fsp3) is 0.308. The number of benzene rings is 2. The number of anilines is 1. The molecule has 35 heavy (non-hydrogen) atoms. The first kappa shape index (κ1) is 21.8. The molecule has 1 saturated heterocycles. The second-order valence-electron chi connectivity index (χ2n) is 8.86. The number of nitrogens with zero attached hydrogens (tertiary/aromatic N) is 6. The highest BCUT2D eigenvalue weighted by Gasteiger charge is 2.24. The standard InChI is InChI=1S/C26H25N7OS/c1-2-3-13-32-23-21(30-26(32)31-12-6-8-18(27)15-31)14-28-33(25(23)34)16-22-29-20-11-10-17-7-4-5-9-19(17)24(20)35-22/h4-5,7,9-11,14,18H,6,8,12-13,15-16,27H2,1H3. The fourth-order valence-corrected chi connectivity index (χ4v) is 5.91. The van der Waals surface area contributed by atoms with Crippen LogP contribution in [0, 0.1) is 11.8 Å². The first-order chi connectivity index (χ1) is 17.1. The van der Waals surface area contributed by atoms with Crippen LogP contribution in [0.5, 0.6) is 0 Å². The van der Waals surface area contributed by atoms with Crippen molar-refractivity contribution >= 4 is 49.3 Å². The van der Waals surface area contributed by atoms with Crippen LogP contribution in [0.2, 0.25) is 0 Å². The second kappa shape index (κ2) is 8.80. The molecule has 2 N–H and O–H groups in total. The number of fused-ring (bicyclic) bond motifs is 4. The van der Waals surface area contributed by atoms with E-state index < -0.39 is 0 Å². The minimum absolute atomic E-state index is 0.0965. The van der Waals surface area contributed by atoms with Crippen LogP contribution in [-0.2, 0) is 13.1 Å². The van der Waals surface area contributed by atoms with E-state index in [1.165, 1.54) is 15.5 Å². The third-order valence-corrected chi connectivity index (χ3v) is 7.58. The molecule has 0 spiro atoms. The van der Waals surface area contributed by atoms with Crippen LogP contribution in [0.25, 0.3) is 32.0 Å². The Morgan fingerprint density at radius 3 is 2.91 bits per heavy atom. The zero-order chi connectivity index (χ0) is 23.9. The van der Waals surface area contributed by atoms with Gasteiger partial charge in [0.05, 0.1) is 29.5 Å². The largest absolute Gasteiger partial charge is 0.341 e. The molecule has 0 saturated carbocycles. The summed E-state index contributed by atoms with van der Waals surface area (Å²) in [4.78, 5) is 25.4. The molecule has 1 unspecified atom stereocenters. The molecular weight excluding hydrogens is 458 g/mol. The van der Waals surface area contributed by atoms with Gasteiger partial charge in [-0.25, -0.2) is 14.6 Å². The lowest BCUT2D eigenvalue weighted by molar-refractivity contribution is 0.496. The van der Waals surface area contributed by atoms with Gasteiger partial charge in [0, 0.05) is 24.5 Å². The normalized spacial score (nSPS) is 16.2. The number of thiazole rings is 1. The van der Waals surface area contributed by atoms with Crippen molar-refractivity contribution in [1.29, 1.82) is 0 Å². The predicted octanol–water partition coefficient (Wildman–Crippen LogP) is 3.36. The summed E-state index contributed by atoms with van der Waals surface area (Å²) in [5.74, 6) is 6.78. The van der Waals surface area contributed by atoms with E-state index in [0.717, 1.165) is 40.6 Å². The number of hydrogen-bond acceptors (Lipinski definition) is 7. The van der Waals surface area contributed by atoms with E-state index in [2.05, 4.69) is 40.0 Å². The Bertz CT molecular complexity index is 1690. The average Bonchev–Trinajstić information content (AvgIpc) is 3.46. The molecule has 2 aromatic carbocycles. The van der Waals surface area contributed by atoms with Crippen molar-refractivity contribution in [2.24, 2.45) is 5.73 Å². The zero-order valence-electron chi connectivity index (χ0n) is 19.4. The van der Waals surface area contributed by atoms with Gasteiger partial charge in [-0.15, -0.1) is 17.3 Å². The van der Waals surface area contributed by atoms with Crippen molar-refractivity contribution in [3.63, 3.8) is 0 Å². The quantitative estimate of drug-likeness (QED) is 0.394. The fourth-order valence-electron chi connectivity index (χ4n) is 4.82. The lowest BCUT2D eigenvalue weighted by Gasteiger charge is -2.31. The third-order valence-electron chi connectivity index (χ3n) is 6.49. The average molecular weight is 484 g/mol. The van der Waals surface area contributed by atoms with Gasteiger partial charge in [0.2, 0.25) is 5.95 Å². The Balaban J connectivity index is 1.43. The summed E-state index contributed by atoms with van der Waals surface area (Å²) in [6.07, 6.45) is 3.67. The number of nitrogens with two attached hydrogens (primary N) is 1. The van der Waals surface area contributed by atoms with E-state index in [4.69, 9.17) is 15.7 Å². The maximum Gasteiger partial charge on any atom is 0.293 e. The molecule has 6 rings (SSSR count). The number of aromatic nitrogens is 5. The molecule has 176 valence electrons. The Kier molecular flexibility index (Phi) is 5.47. The van der Waals surface area contributed by atoms with Gasteiger partial charge in [0.15, 0.2) is 0 Å². The highest BCUT2D eigenvalue weighted by atomic mass is 32.1. The van der Waals surface area contributed by atoms with Crippen molar-refractivity contribution in [3.05, 3.63) is 58.0 Å². The Hall–Kier alpha value is -3.74. The van der Waals surface area contributed by atoms with Crippen molar-refractivity contribution in [3.8, 4) is 11.8 Å². The number of imidazole rings is 1. The van der Waals surface area contributed by atoms with Crippen LogP contribution in [0.1, 0.15) is 24.8 Å². The predicted molar refractivity (Wildman–Crippen MR) is 141 cm³/mol. The maximum absolute atomic E-state index is 13.6. The summed E-state index contributed by atoms with van der Waals surface area (Å²) >= 11 is 1.60. The van der Waals surface area contributed by atoms with Crippen molar-refractivity contribution in [1.82, 2.24) is 24.3 Å². The Morgan fingerprint density at radius 1 is 1.17 bits per heavy atom. The zero-order valence-corrected chi connectivity index (χ0v) is 20.3. The Morgan fingerprint density at radius 2 is 2.06 bits per heavy atom. The van der Waals surface area contributed by atoms with Crippen LogP contribution in [0.3, 0.4) is 0 Å². The minimum atomic E-state index is -0.190. The van der Waals surface area contributed by atoms with Gasteiger partial charge >= 0.3 is 0 Å². The summed E-state index contributed by atoms with van der Waals surface area (Å²) in [5.41, 5.74) is 8.06. The summed E-state index contributed by atoms with van der Waals surface area (Å²) < 4.78 is 4.51. The molecule has 0 radical (unpaired) electrons. The summed E-state index contributed by atoms with van der Waals surface area (Å²) in [7, 11) is 0. The smallest absolute Gasteiger partial charge is 0.293 e. The molecule has 1 aliphatic heterocycles. The summed E-state index contributed by atoms with van der Waals surface area (Å²) in [5, 5.41) is 7.63. The van der Waals surface area contributed by atoms with Gasteiger partial charge in [-0.3, -0.25) is 9.36 Å². The van der Waals surface area contributed by atoms with Crippen LogP contribution in [0.15, 0.2) is 47.4 Å². The van der Waals surface area contributed by atoms with Crippen molar-refractivity contribution in [2.45, 2.75) is 38.9 Å². The van der Waals surface area contributed by atoms with E-state index in [1.54, 1.807) is 24.5 Å². The monoisotopic (exact) mass is 483 g/mol. The van der Waals surface area contributed by atoms with Crippen LogP contribution >= 0.6 is 11.3 Å². The number of hydrogen-bond donors (Lipinski definition) is 1.